The van der Waals surface area contributed by atoms with E-state index >= 15 is 0 Å². The van der Waals surface area contributed by atoms with Crippen LogP contribution in [0.5, 0.6) is 5.75 Å². The van der Waals surface area contributed by atoms with Gasteiger partial charge in [-0.3, -0.25) is 0 Å². The van der Waals surface area contributed by atoms with Crippen LogP contribution in [0.1, 0.15) is 38.7 Å². The Morgan fingerprint density at radius 3 is 2.50 bits per heavy atom. The second-order valence-electron chi connectivity index (χ2n) is 7.87. The number of ether oxygens (including phenoxy) is 2. The van der Waals surface area contributed by atoms with Gasteiger partial charge in [0, 0.05) is 26.2 Å². The van der Waals surface area contributed by atoms with Crippen molar-refractivity contribution in [2.45, 2.75) is 39.2 Å². The molecule has 8 heteroatoms. The molecule has 3 rings (SSSR count). The van der Waals surface area contributed by atoms with Gasteiger partial charge in [0.1, 0.15) is 18.0 Å². The number of hydrogen-bond acceptors (Lipinski definition) is 7. The third-order valence-corrected chi connectivity index (χ3v) is 6.04. The van der Waals surface area contributed by atoms with E-state index < -0.39 is 0 Å². The van der Waals surface area contributed by atoms with Crippen molar-refractivity contribution in [1.29, 1.82) is 0 Å². The molecule has 1 amide bonds. The fourth-order valence-electron chi connectivity index (χ4n) is 3.59. The molecule has 1 fully saturated rings. The molecule has 2 heterocycles. The molecule has 2 aliphatic heterocycles. The average Bonchev–Trinajstić information content (AvgIpc) is 2.77. The minimum atomic E-state index is -0.204. The van der Waals surface area contributed by atoms with Crippen LogP contribution in [0.15, 0.2) is 30.3 Å². The van der Waals surface area contributed by atoms with Gasteiger partial charge in [-0.05, 0) is 62.3 Å². The molecule has 166 valence electrons. The largest absolute Gasteiger partial charge is 0.493 e. The Morgan fingerprint density at radius 1 is 1.17 bits per heavy atom. The predicted octanol–water partition coefficient (Wildman–Crippen LogP) is 4.55. The molecule has 1 saturated heterocycles. The molecule has 0 unspecified atom stereocenters. The van der Waals surface area contributed by atoms with Gasteiger partial charge in [0.05, 0.1) is 19.8 Å². The lowest BCUT2D eigenvalue weighted by molar-refractivity contribution is -0.163. The van der Waals surface area contributed by atoms with Gasteiger partial charge in [0.15, 0.2) is 0 Å². The highest BCUT2D eigenvalue weighted by atomic mass is 32.2. The number of benzene rings is 1. The summed E-state index contributed by atoms with van der Waals surface area (Å²) in [5.41, 5.74) is 2.58. The van der Waals surface area contributed by atoms with E-state index in [2.05, 4.69) is 27.4 Å². The number of piperidine rings is 1. The summed E-state index contributed by atoms with van der Waals surface area (Å²) >= 11 is 1.24. The minimum Gasteiger partial charge on any atom is -0.493 e. The van der Waals surface area contributed by atoms with Crippen molar-refractivity contribution in [1.82, 2.24) is 9.21 Å². The van der Waals surface area contributed by atoms with Gasteiger partial charge in [-0.2, -0.15) is 0 Å². The highest BCUT2D eigenvalue weighted by Gasteiger charge is 2.24. The molecular weight excluding hydrogens is 404 g/mol. The first-order valence-corrected chi connectivity index (χ1v) is 11.2. The van der Waals surface area contributed by atoms with Crippen LogP contribution in [0, 0.1) is 5.92 Å². The van der Waals surface area contributed by atoms with Gasteiger partial charge in [-0.1, -0.05) is 18.2 Å². The maximum Gasteiger partial charge on any atom is 0.410 e. The van der Waals surface area contributed by atoms with Crippen LogP contribution >= 0.6 is 12.2 Å². The van der Waals surface area contributed by atoms with Gasteiger partial charge in [-0.15, -0.1) is 4.33 Å². The number of likely N-dealkylation sites (tertiary alicyclic amines) is 1. The van der Waals surface area contributed by atoms with E-state index in [4.69, 9.17) is 13.8 Å². The van der Waals surface area contributed by atoms with Gasteiger partial charge in [0.25, 0.3) is 0 Å². The summed E-state index contributed by atoms with van der Waals surface area (Å²) in [5, 5.41) is 0. The smallest absolute Gasteiger partial charge is 0.410 e. The molecule has 0 bridgehead atoms. The van der Waals surface area contributed by atoms with Gasteiger partial charge in [-0.25, -0.2) is 14.0 Å². The highest BCUT2D eigenvalue weighted by molar-refractivity contribution is 7.92. The molecule has 7 nitrogen and oxygen atoms in total. The Kier molecular flexibility index (Phi) is 8.87. The van der Waals surface area contributed by atoms with Gasteiger partial charge >= 0.3 is 6.09 Å². The topological polar surface area (TPSA) is 60.5 Å². The Bertz CT molecular complexity index is 702. The van der Waals surface area contributed by atoms with E-state index in [0.29, 0.717) is 12.5 Å². The summed E-state index contributed by atoms with van der Waals surface area (Å²) in [6.45, 7) is 7.64. The predicted molar refractivity (Wildman–Crippen MR) is 118 cm³/mol. The Morgan fingerprint density at radius 2 is 1.90 bits per heavy atom. The lowest BCUT2D eigenvalue weighted by Gasteiger charge is -2.31. The maximum atomic E-state index is 12.0. The molecule has 0 saturated carbocycles. The van der Waals surface area contributed by atoms with Crippen molar-refractivity contribution in [3.8, 4) is 5.75 Å². The number of carbonyl (C=O) groups is 1. The van der Waals surface area contributed by atoms with E-state index in [9.17, 15) is 4.79 Å². The number of carbonyl (C=O) groups excluding carboxylic acids is 1. The standard InChI is InChI=1S/C22H32N2O5S/c1-17(2)28-22(25)23-12-8-18(9-13-23)16-27-21-6-4-19(5-7-21)20-10-14-24(15-11-20)30-29-26-3/h4-7,10,17-18H,8-9,11-16H2,1-3H3. The SMILES string of the molecule is COOSN1CC=C(c2ccc(OCC3CCN(C(=O)OC(C)C)CC3)cc2)CC1. The van der Waals surface area contributed by atoms with Crippen molar-refractivity contribution in [2.24, 2.45) is 5.92 Å². The molecule has 30 heavy (non-hydrogen) atoms. The van der Waals surface area contributed by atoms with E-state index in [1.54, 1.807) is 4.90 Å². The second-order valence-corrected chi connectivity index (χ2v) is 8.68. The summed E-state index contributed by atoms with van der Waals surface area (Å²) in [4.78, 5) is 18.4. The van der Waals surface area contributed by atoms with Crippen molar-refractivity contribution in [3.63, 3.8) is 0 Å². The first-order valence-electron chi connectivity index (χ1n) is 10.6. The Balaban J connectivity index is 1.40. The quantitative estimate of drug-likeness (QED) is 0.256. The summed E-state index contributed by atoms with van der Waals surface area (Å²) < 4.78 is 18.3. The number of rotatable bonds is 8. The fourth-order valence-corrected chi connectivity index (χ4v) is 4.04. The molecular formula is C22H32N2O5S. The normalized spacial score (nSPS) is 18.4. The molecule has 2 aliphatic rings. The molecule has 1 aromatic rings. The lowest BCUT2D eigenvalue weighted by atomic mass is 9.98. The van der Waals surface area contributed by atoms with E-state index in [1.807, 2.05) is 26.0 Å². The summed E-state index contributed by atoms with van der Waals surface area (Å²) in [7, 11) is 1.51. The second kappa shape index (κ2) is 11.6. The zero-order valence-corrected chi connectivity index (χ0v) is 18.9. The van der Waals surface area contributed by atoms with E-state index in [-0.39, 0.29) is 12.2 Å². The van der Waals surface area contributed by atoms with Crippen molar-refractivity contribution < 1.29 is 23.5 Å². The first-order chi connectivity index (χ1) is 14.5. The minimum absolute atomic E-state index is 0.0756. The summed E-state index contributed by atoms with van der Waals surface area (Å²) in [6, 6.07) is 8.33. The Hall–Kier alpha value is -1.74. The van der Waals surface area contributed by atoms with Gasteiger partial charge < -0.3 is 14.4 Å². The molecule has 0 aromatic heterocycles. The average molecular weight is 437 g/mol. The maximum absolute atomic E-state index is 12.0. The molecule has 0 radical (unpaired) electrons. The van der Waals surface area contributed by atoms with Crippen LogP contribution in [0.3, 0.4) is 0 Å². The van der Waals surface area contributed by atoms with Crippen LogP contribution in [0.2, 0.25) is 0 Å². The molecule has 0 aliphatic carbocycles. The zero-order chi connectivity index (χ0) is 21.3. The highest BCUT2D eigenvalue weighted by Crippen LogP contribution is 2.27. The molecule has 0 spiro atoms. The van der Waals surface area contributed by atoms with Crippen LogP contribution in [0.4, 0.5) is 4.79 Å². The first kappa shape index (κ1) is 22.9. The monoisotopic (exact) mass is 436 g/mol. The van der Waals surface area contributed by atoms with Crippen molar-refractivity contribution in [3.05, 3.63) is 35.9 Å². The van der Waals surface area contributed by atoms with Crippen molar-refractivity contribution >= 4 is 23.9 Å². The zero-order valence-electron chi connectivity index (χ0n) is 18.0. The summed E-state index contributed by atoms with van der Waals surface area (Å²) in [5.74, 6) is 1.36. The van der Waals surface area contributed by atoms with Gasteiger partial charge in [0.2, 0.25) is 0 Å². The Labute approximate surface area is 183 Å². The van der Waals surface area contributed by atoms with Crippen LogP contribution in [0.25, 0.3) is 5.57 Å². The van der Waals surface area contributed by atoms with Crippen LogP contribution in [-0.4, -0.2) is 61.3 Å². The lowest BCUT2D eigenvalue weighted by Crippen LogP contribution is -2.40. The molecule has 1 aromatic carbocycles. The molecule has 0 atom stereocenters. The number of hydrogen-bond donors (Lipinski definition) is 0. The number of amides is 1. The van der Waals surface area contributed by atoms with E-state index in [1.165, 1.54) is 30.5 Å². The fraction of sp³-hybridized carbons (Fsp3) is 0.591. The summed E-state index contributed by atoms with van der Waals surface area (Å²) in [6.07, 6.45) is 4.80. The third-order valence-electron chi connectivity index (χ3n) is 5.30. The third kappa shape index (κ3) is 6.91. The molecule has 0 N–H and O–H groups in total. The van der Waals surface area contributed by atoms with Crippen LogP contribution < -0.4 is 4.74 Å². The van der Waals surface area contributed by atoms with Crippen LogP contribution in [-0.2, 0) is 14.0 Å². The van der Waals surface area contributed by atoms with Crippen molar-refractivity contribution in [2.75, 3.05) is 39.9 Å². The van der Waals surface area contributed by atoms with E-state index in [0.717, 1.165) is 51.2 Å². The number of nitrogens with zero attached hydrogens (tertiary/aromatic N) is 2.